The van der Waals surface area contributed by atoms with Crippen molar-refractivity contribution in [2.75, 3.05) is 25.6 Å². The molecule has 1 aliphatic carbocycles. The van der Waals surface area contributed by atoms with Gasteiger partial charge in [-0.3, -0.25) is 9.53 Å². The first-order valence-corrected chi connectivity index (χ1v) is 14.1. The van der Waals surface area contributed by atoms with Gasteiger partial charge in [-0.25, -0.2) is 9.59 Å². The summed E-state index contributed by atoms with van der Waals surface area (Å²) in [5.41, 5.74) is 1.48. The fourth-order valence-corrected chi connectivity index (χ4v) is 5.24. The van der Waals surface area contributed by atoms with E-state index in [0.29, 0.717) is 33.8 Å². The number of anilines is 1. The number of hydrogen-bond acceptors (Lipinski definition) is 8. The topological polar surface area (TPSA) is 135 Å². The van der Waals surface area contributed by atoms with Crippen LogP contribution in [0.2, 0.25) is 0 Å². The molecule has 3 N–H and O–H groups in total. The molecule has 2 aromatic carbocycles. The quantitative estimate of drug-likeness (QED) is 0.357. The highest BCUT2D eigenvalue weighted by molar-refractivity contribution is 7.86. The molecule has 0 aliphatic heterocycles. The summed E-state index contributed by atoms with van der Waals surface area (Å²) >= 11 is 0. The van der Waals surface area contributed by atoms with Crippen LogP contribution in [0.25, 0.3) is 0 Å². The highest BCUT2D eigenvalue weighted by atomic mass is 32.2. The third kappa shape index (κ3) is 9.35. The summed E-state index contributed by atoms with van der Waals surface area (Å²) in [6.45, 7) is 7.64. The number of nitrogens with one attached hydrogen (secondary N) is 1. The van der Waals surface area contributed by atoms with Crippen LogP contribution in [0.5, 0.6) is 0 Å². The molecule has 0 aromatic heterocycles. The van der Waals surface area contributed by atoms with Crippen LogP contribution in [0.15, 0.2) is 47.4 Å². The van der Waals surface area contributed by atoms with Crippen molar-refractivity contribution in [1.29, 1.82) is 0 Å². The molecule has 3 rings (SSSR count). The molecule has 10 nitrogen and oxygen atoms in total. The third-order valence-corrected chi connectivity index (χ3v) is 7.71. The Morgan fingerprint density at radius 3 is 2.38 bits per heavy atom. The molecule has 0 spiro atoms. The van der Waals surface area contributed by atoms with E-state index in [2.05, 4.69) is 5.32 Å². The number of carbonyl (C=O) groups is 2. The fraction of sp³-hybridized carbons (Fsp3) is 0.481. The van der Waals surface area contributed by atoms with Crippen molar-refractivity contribution in [3.63, 3.8) is 0 Å². The number of rotatable bonds is 11. The van der Waals surface area contributed by atoms with E-state index in [9.17, 15) is 23.8 Å². The second-order valence-corrected chi connectivity index (χ2v) is 12.1. The molecule has 1 unspecified atom stereocenters. The Bertz CT molecular complexity index is 1170. The molecule has 12 heteroatoms. The smallest absolute Gasteiger partial charge is 0.446 e. The first-order chi connectivity index (χ1) is 18.4. The van der Waals surface area contributed by atoms with Crippen LogP contribution in [0, 0.1) is 0 Å². The van der Waals surface area contributed by atoms with Crippen LogP contribution in [0.4, 0.5) is 15.3 Å². The average molecular weight is 560 g/mol. The molecular weight excluding hydrogens is 523 g/mol. The van der Waals surface area contributed by atoms with E-state index in [0.717, 1.165) is 12.8 Å². The van der Waals surface area contributed by atoms with E-state index in [4.69, 9.17) is 14.2 Å². The van der Waals surface area contributed by atoms with Crippen LogP contribution in [0.3, 0.4) is 0 Å². The van der Waals surface area contributed by atoms with Gasteiger partial charge in [-0.1, -0.05) is 24.3 Å². The van der Waals surface area contributed by atoms with Gasteiger partial charge in [0.15, 0.2) is 0 Å². The second kappa shape index (κ2) is 13.4. The Morgan fingerprint density at radius 1 is 1.15 bits per heavy atom. The Balaban J connectivity index is 1.69. The van der Waals surface area contributed by atoms with Gasteiger partial charge in [-0.05, 0) is 75.3 Å². The van der Waals surface area contributed by atoms with Crippen molar-refractivity contribution >= 4 is 41.3 Å². The fourth-order valence-electron chi connectivity index (χ4n) is 3.73. The minimum absolute atomic E-state index is 0.0707. The average Bonchev–Trinajstić information content (AvgIpc) is 3.71. The van der Waals surface area contributed by atoms with E-state index in [1.54, 1.807) is 70.3 Å². The van der Waals surface area contributed by atoms with Gasteiger partial charge in [0.25, 0.3) is 0 Å². The Morgan fingerprint density at radius 2 is 1.82 bits per heavy atom. The minimum atomic E-state index is -1.58. The molecule has 0 bridgehead atoms. The lowest BCUT2D eigenvalue weighted by Gasteiger charge is -2.25. The van der Waals surface area contributed by atoms with E-state index in [1.165, 1.54) is 4.90 Å². The summed E-state index contributed by atoms with van der Waals surface area (Å²) in [5.74, 6) is 0. The van der Waals surface area contributed by atoms with Crippen molar-refractivity contribution in [3.05, 3.63) is 53.6 Å². The van der Waals surface area contributed by atoms with Gasteiger partial charge in [0.05, 0.1) is 10.8 Å². The molecule has 212 valence electrons. The van der Waals surface area contributed by atoms with E-state index in [-0.39, 0.29) is 18.4 Å². The molecule has 2 aromatic rings. The molecule has 0 saturated heterocycles. The summed E-state index contributed by atoms with van der Waals surface area (Å²) < 4.78 is 29.6. The zero-order chi connectivity index (χ0) is 28.7. The molecule has 1 aliphatic rings. The SMILES string of the molecule is CCO[C@@H](COC(=O)Nc1ccc(S(=O)C2CC2)c(CN(C)C(=O)OC(C)(C)C)c1)c1ccc(B(O)O)cc1. The summed E-state index contributed by atoms with van der Waals surface area (Å²) in [6, 6.07) is 11.6. The predicted molar refractivity (Wildman–Crippen MR) is 149 cm³/mol. The lowest BCUT2D eigenvalue weighted by molar-refractivity contribution is 0.0130. The maximum absolute atomic E-state index is 13.0. The summed E-state index contributed by atoms with van der Waals surface area (Å²) in [7, 11) is -1.18. The highest BCUT2D eigenvalue weighted by Crippen LogP contribution is 2.33. The minimum Gasteiger partial charge on any atom is -0.446 e. The molecular formula is C27H37BN2O8S. The largest absolute Gasteiger partial charge is 0.488 e. The van der Waals surface area contributed by atoms with Crippen LogP contribution >= 0.6 is 0 Å². The van der Waals surface area contributed by atoms with Crippen LogP contribution < -0.4 is 10.8 Å². The maximum Gasteiger partial charge on any atom is 0.488 e. The van der Waals surface area contributed by atoms with Gasteiger partial charge < -0.3 is 29.2 Å². The zero-order valence-electron chi connectivity index (χ0n) is 23.0. The van der Waals surface area contributed by atoms with Gasteiger partial charge in [0.2, 0.25) is 0 Å². The monoisotopic (exact) mass is 560 g/mol. The number of carbonyl (C=O) groups excluding carboxylic acids is 2. The Hall–Kier alpha value is -2.93. The summed E-state index contributed by atoms with van der Waals surface area (Å²) in [4.78, 5) is 27.2. The van der Waals surface area contributed by atoms with Crippen molar-refractivity contribution in [2.45, 2.75) is 68.9 Å². The van der Waals surface area contributed by atoms with E-state index < -0.39 is 41.8 Å². The zero-order valence-corrected chi connectivity index (χ0v) is 23.8. The van der Waals surface area contributed by atoms with Gasteiger partial charge >= 0.3 is 19.3 Å². The first-order valence-electron chi connectivity index (χ1n) is 12.9. The normalized spacial score (nSPS) is 14.7. The summed E-state index contributed by atoms with van der Waals surface area (Å²) in [6.07, 6.45) is 0.0263. The molecule has 1 saturated carbocycles. The van der Waals surface area contributed by atoms with Crippen molar-refractivity contribution < 1.29 is 38.1 Å². The number of amides is 2. The van der Waals surface area contributed by atoms with Crippen molar-refractivity contribution in [3.8, 4) is 0 Å². The maximum atomic E-state index is 13.0. The summed E-state index contributed by atoms with van der Waals surface area (Å²) in [5, 5.41) is 21.4. The molecule has 0 heterocycles. The van der Waals surface area contributed by atoms with Crippen LogP contribution in [-0.2, 0) is 31.6 Å². The van der Waals surface area contributed by atoms with Crippen molar-refractivity contribution in [1.82, 2.24) is 4.90 Å². The lowest BCUT2D eigenvalue weighted by atomic mass is 9.80. The van der Waals surface area contributed by atoms with Crippen molar-refractivity contribution in [2.24, 2.45) is 0 Å². The highest BCUT2D eigenvalue weighted by Gasteiger charge is 2.31. The Labute approximate surface area is 232 Å². The predicted octanol–water partition coefficient (Wildman–Crippen LogP) is 3.33. The number of hydrogen-bond donors (Lipinski definition) is 3. The van der Waals surface area contributed by atoms with Gasteiger partial charge in [-0.2, -0.15) is 0 Å². The molecule has 1 fully saturated rings. The standard InChI is InChI=1S/C27H37BN2O8S/c1-6-36-23(18-7-9-20(10-8-18)28(33)34)17-37-25(31)29-21-11-14-24(39(35)22-12-13-22)19(15-21)16-30(5)26(32)38-27(2,3)4/h7-11,14-15,22-23,33-34H,6,12-13,16-17H2,1-5H3,(H,29,31)/t23-,39?/m0/s1. The number of ether oxygens (including phenoxy) is 3. The molecule has 2 amide bonds. The molecule has 0 radical (unpaired) electrons. The van der Waals surface area contributed by atoms with Crippen LogP contribution in [0.1, 0.15) is 57.8 Å². The van der Waals surface area contributed by atoms with E-state index >= 15 is 0 Å². The van der Waals surface area contributed by atoms with Gasteiger partial charge in [-0.15, -0.1) is 0 Å². The third-order valence-electron chi connectivity index (χ3n) is 5.80. The lowest BCUT2D eigenvalue weighted by Crippen LogP contribution is -2.34. The number of nitrogens with zero attached hydrogens (tertiary/aromatic N) is 1. The van der Waals surface area contributed by atoms with Gasteiger partial charge in [0.1, 0.15) is 18.3 Å². The van der Waals surface area contributed by atoms with Crippen LogP contribution in [-0.4, -0.2) is 69.6 Å². The molecule has 2 atom stereocenters. The van der Waals surface area contributed by atoms with Gasteiger partial charge in [0, 0.05) is 36.0 Å². The Kier molecular flexibility index (Phi) is 10.5. The molecule has 39 heavy (non-hydrogen) atoms. The number of benzene rings is 2. The van der Waals surface area contributed by atoms with E-state index in [1.807, 2.05) is 6.92 Å². The first kappa shape index (κ1) is 30.6. The second-order valence-electron chi connectivity index (χ2n) is 10.4.